The summed E-state index contributed by atoms with van der Waals surface area (Å²) in [7, 11) is 1.93. The van der Waals surface area contributed by atoms with Gasteiger partial charge in [0.15, 0.2) is 11.5 Å². The number of likely N-dealkylation sites (N-methyl/N-ethyl adjacent to an activating group) is 1. The highest BCUT2D eigenvalue weighted by atomic mass is 16.5. The largest absolute Gasteiger partial charge is 0.490 e. The van der Waals surface area contributed by atoms with E-state index in [0.29, 0.717) is 36.9 Å². The van der Waals surface area contributed by atoms with Crippen molar-refractivity contribution in [2.75, 3.05) is 32.1 Å². The molecule has 1 N–H and O–H groups in total. The van der Waals surface area contributed by atoms with Gasteiger partial charge in [-0.3, -0.25) is 9.69 Å². The van der Waals surface area contributed by atoms with E-state index in [1.807, 2.05) is 56.1 Å². The van der Waals surface area contributed by atoms with E-state index in [0.717, 1.165) is 6.54 Å². The van der Waals surface area contributed by atoms with Crippen molar-refractivity contribution in [2.45, 2.75) is 20.4 Å². The molecule has 0 fully saturated rings. The Hall–Kier alpha value is -2.53. The molecule has 0 saturated carbocycles. The quantitative estimate of drug-likeness (QED) is 0.757. The minimum absolute atomic E-state index is 0.0648. The summed E-state index contributed by atoms with van der Waals surface area (Å²) in [5, 5.41) is 2.91. The van der Waals surface area contributed by atoms with E-state index in [1.54, 1.807) is 6.07 Å². The normalized spacial score (nSPS) is 10.6. The molecule has 2 aromatic carbocycles. The molecular formula is C20H26N2O3. The van der Waals surface area contributed by atoms with Gasteiger partial charge in [-0.05, 0) is 38.6 Å². The van der Waals surface area contributed by atoms with Crippen LogP contribution in [0.2, 0.25) is 0 Å². The lowest BCUT2D eigenvalue weighted by Crippen LogP contribution is -2.29. The van der Waals surface area contributed by atoms with Gasteiger partial charge in [0, 0.05) is 18.3 Å². The summed E-state index contributed by atoms with van der Waals surface area (Å²) >= 11 is 0. The van der Waals surface area contributed by atoms with Gasteiger partial charge in [-0.2, -0.15) is 0 Å². The zero-order valence-corrected chi connectivity index (χ0v) is 15.1. The average molecular weight is 342 g/mol. The first-order chi connectivity index (χ1) is 12.1. The van der Waals surface area contributed by atoms with E-state index in [4.69, 9.17) is 9.47 Å². The van der Waals surface area contributed by atoms with Gasteiger partial charge in [0.2, 0.25) is 5.91 Å². The van der Waals surface area contributed by atoms with Crippen LogP contribution in [0.4, 0.5) is 5.69 Å². The van der Waals surface area contributed by atoms with Crippen molar-refractivity contribution in [3.05, 3.63) is 54.1 Å². The molecule has 0 radical (unpaired) electrons. The van der Waals surface area contributed by atoms with Gasteiger partial charge >= 0.3 is 0 Å². The number of nitrogens with one attached hydrogen (secondary N) is 1. The zero-order valence-electron chi connectivity index (χ0n) is 15.1. The molecule has 0 aliphatic carbocycles. The van der Waals surface area contributed by atoms with Gasteiger partial charge in [-0.25, -0.2) is 0 Å². The minimum atomic E-state index is -0.0648. The first kappa shape index (κ1) is 18.8. The van der Waals surface area contributed by atoms with E-state index >= 15 is 0 Å². The molecule has 0 saturated heterocycles. The van der Waals surface area contributed by atoms with Gasteiger partial charge in [-0.1, -0.05) is 30.3 Å². The summed E-state index contributed by atoms with van der Waals surface area (Å²) < 4.78 is 11.1. The van der Waals surface area contributed by atoms with Gasteiger partial charge in [0.25, 0.3) is 0 Å². The van der Waals surface area contributed by atoms with Crippen LogP contribution < -0.4 is 14.8 Å². The van der Waals surface area contributed by atoms with Crippen molar-refractivity contribution in [1.29, 1.82) is 0 Å². The highest BCUT2D eigenvalue weighted by Gasteiger charge is 2.10. The molecule has 0 heterocycles. The standard InChI is InChI=1S/C20H26N2O3/c1-4-24-18-12-11-17(13-19(18)25-5-2)21-20(23)15-22(3)14-16-9-7-6-8-10-16/h6-13H,4-5,14-15H2,1-3H3,(H,21,23). The van der Waals surface area contributed by atoms with Gasteiger partial charge in [0.1, 0.15) is 0 Å². The molecule has 2 aromatic rings. The van der Waals surface area contributed by atoms with Crippen molar-refractivity contribution < 1.29 is 14.3 Å². The van der Waals surface area contributed by atoms with Crippen LogP contribution in [0.15, 0.2) is 48.5 Å². The topological polar surface area (TPSA) is 50.8 Å². The van der Waals surface area contributed by atoms with E-state index in [-0.39, 0.29) is 5.91 Å². The molecule has 0 aliphatic rings. The molecule has 0 aliphatic heterocycles. The van der Waals surface area contributed by atoms with Gasteiger partial charge in [0.05, 0.1) is 19.8 Å². The molecule has 0 atom stereocenters. The second kappa shape index (κ2) is 9.69. The van der Waals surface area contributed by atoms with Crippen LogP contribution in [0.5, 0.6) is 11.5 Å². The van der Waals surface area contributed by atoms with Crippen molar-refractivity contribution in [3.8, 4) is 11.5 Å². The van der Waals surface area contributed by atoms with Crippen molar-refractivity contribution in [1.82, 2.24) is 4.90 Å². The van der Waals surface area contributed by atoms with Crippen molar-refractivity contribution in [2.24, 2.45) is 0 Å². The number of benzene rings is 2. The summed E-state index contributed by atoms with van der Waals surface area (Å²) in [6.07, 6.45) is 0. The van der Waals surface area contributed by atoms with Crippen LogP contribution in [0.1, 0.15) is 19.4 Å². The Morgan fingerprint density at radius 3 is 2.36 bits per heavy atom. The lowest BCUT2D eigenvalue weighted by molar-refractivity contribution is -0.117. The smallest absolute Gasteiger partial charge is 0.238 e. The number of rotatable bonds is 9. The highest BCUT2D eigenvalue weighted by molar-refractivity contribution is 5.92. The molecule has 0 spiro atoms. The summed E-state index contributed by atoms with van der Waals surface area (Å²) in [5.41, 5.74) is 1.88. The number of anilines is 1. The maximum atomic E-state index is 12.3. The summed E-state index contributed by atoms with van der Waals surface area (Å²) in [4.78, 5) is 14.2. The van der Waals surface area contributed by atoms with E-state index in [9.17, 15) is 4.79 Å². The Balaban J connectivity index is 1.94. The predicted molar refractivity (Wildman–Crippen MR) is 100 cm³/mol. The minimum Gasteiger partial charge on any atom is -0.490 e. The second-order valence-electron chi connectivity index (χ2n) is 5.73. The lowest BCUT2D eigenvalue weighted by Gasteiger charge is -2.17. The van der Waals surface area contributed by atoms with Gasteiger partial charge < -0.3 is 14.8 Å². The number of ether oxygens (including phenoxy) is 2. The third kappa shape index (κ3) is 6.12. The summed E-state index contributed by atoms with van der Waals surface area (Å²) in [5.74, 6) is 1.26. The number of carbonyl (C=O) groups excluding carboxylic acids is 1. The SMILES string of the molecule is CCOc1ccc(NC(=O)CN(C)Cc2ccccc2)cc1OCC. The van der Waals surface area contributed by atoms with Crippen LogP contribution in [-0.2, 0) is 11.3 Å². The van der Waals surface area contributed by atoms with Crippen LogP contribution in [-0.4, -0.2) is 37.6 Å². The summed E-state index contributed by atoms with van der Waals surface area (Å²) in [6, 6.07) is 15.5. The fourth-order valence-electron chi connectivity index (χ4n) is 2.53. The Morgan fingerprint density at radius 2 is 1.68 bits per heavy atom. The Kier molecular flexibility index (Phi) is 7.29. The molecule has 134 valence electrons. The summed E-state index contributed by atoms with van der Waals surface area (Å²) in [6.45, 7) is 5.98. The van der Waals surface area contributed by atoms with E-state index in [1.165, 1.54) is 5.56 Å². The molecule has 1 amide bonds. The molecule has 5 heteroatoms. The molecule has 0 bridgehead atoms. The van der Waals surface area contributed by atoms with Crippen LogP contribution in [0, 0.1) is 0 Å². The number of amides is 1. The fourth-order valence-corrected chi connectivity index (χ4v) is 2.53. The van der Waals surface area contributed by atoms with Crippen molar-refractivity contribution in [3.63, 3.8) is 0 Å². The van der Waals surface area contributed by atoms with Crippen molar-refractivity contribution >= 4 is 11.6 Å². The van der Waals surface area contributed by atoms with Crippen LogP contribution in [0.3, 0.4) is 0 Å². The average Bonchev–Trinajstić information content (AvgIpc) is 2.58. The first-order valence-electron chi connectivity index (χ1n) is 8.54. The maximum Gasteiger partial charge on any atom is 0.238 e. The highest BCUT2D eigenvalue weighted by Crippen LogP contribution is 2.30. The van der Waals surface area contributed by atoms with E-state index in [2.05, 4.69) is 17.4 Å². The fraction of sp³-hybridized carbons (Fsp3) is 0.350. The monoisotopic (exact) mass is 342 g/mol. The molecule has 5 nitrogen and oxygen atoms in total. The van der Waals surface area contributed by atoms with E-state index < -0.39 is 0 Å². The molecule has 25 heavy (non-hydrogen) atoms. The van der Waals surface area contributed by atoms with Crippen LogP contribution >= 0.6 is 0 Å². The third-order valence-electron chi connectivity index (χ3n) is 3.54. The van der Waals surface area contributed by atoms with Gasteiger partial charge in [-0.15, -0.1) is 0 Å². The predicted octanol–water partition coefficient (Wildman–Crippen LogP) is 3.55. The molecular weight excluding hydrogens is 316 g/mol. The third-order valence-corrected chi connectivity index (χ3v) is 3.54. The zero-order chi connectivity index (χ0) is 18.1. The lowest BCUT2D eigenvalue weighted by atomic mass is 10.2. The number of hydrogen-bond donors (Lipinski definition) is 1. The Morgan fingerprint density at radius 1 is 1.00 bits per heavy atom. The second-order valence-corrected chi connectivity index (χ2v) is 5.73. The molecule has 0 aromatic heterocycles. The first-order valence-corrected chi connectivity index (χ1v) is 8.54. The molecule has 0 unspecified atom stereocenters. The Bertz CT molecular complexity index is 674. The van der Waals surface area contributed by atoms with Crippen LogP contribution in [0.25, 0.3) is 0 Å². The Labute approximate surface area is 149 Å². The number of carbonyl (C=O) groups is 1. The maximum absolute atomic E-state index is 12.3. The number of nitrogens with zero attached hydrogens (tertiary/aromatic N) is 1. The number of hydrogen-bond acceptors (Lipinski definition) is 4. The molecule has 2 rings (SSSR count).